The van der Waals surface area contributed by atoms with Crippen LogP contribution in [0.15, 0.2) is 23.8 Å². The van der Waals surface area contributed by atoms with Gasteiger partial charge >= 0.3 is 0 Å². The van der Waals surface area contributed by atoms with Crippen LogP contribution in [0.3, 0.4) is 0 Å². The molecule has 0 fully saturated rings. The summed E-state index contributed by atoms with van der Waals surface area (Å²) in [6, 6.07) is 0. The number of ether oxygens (including phenoxy) is 1. The maximum absolute atomic E-state index is 4.98. The Morgan fingerprint density at radius 3 is 3.00 bits per heavy atom. The summed E-state index contributed by atoms with van der Waals surface area (Å²) in [4.78, 5) is 0. The molecule has 0 aliphatic heterocycles. The molecular weight excluding hydrogens is 112 g/mol. The fraction of sp³-hybridized carbons (Fsp3) is 0.500. The summed E-state index contributed by atoms with van der Waals surface area (Å²) < 4.78 is 4.98. The van der Waals surface area contributed by atoms with Crippen LogP contribution in [-0.2, 0) is 4.74 Å². The third-order valence-electron chi connectivity index (χ3n) is 1.42. The predicted molar refractivity (Wildman–Crippen MR) is 38.3 cm³/mol. The van der Waals surface area contributed by atoms with Crippen LogP contribution < -0.4 is 0 Å². The molecule has 0 aromatic heterocycles. The molecule has 0 saturated carbocycles. The molecule has 0 N–H and O–H groups in total. The zero-order chi connectivity index (χ0) is 6.53. The van der Waals surface area contributed by atoms with Crippen molar-refractivity contribution in [1.29, 1.82) is 0 Å². The van der Waals surface area contributed by atoms with Crippen LogP contribution >= 0.6 is 0 Å². The lowest BCUT2D eigenvalue weighted by Crippen LogP contribution is -1.94. The summed E-state index contributed by atoms with van der Waals surface area (Å²) in [5.74, 6) is 0. The van der Waals surface area contributed by atoms with E-state index in [-0.39, 0.29) is 0 Å². The SMILES string of the molecule is COCC1=CCC=CC1. The van der Waals surface area contributed by atoms with E-state index in [2.05, 4.69) is 18.2 Å². The highest BCUT2D eigenvalue weighted by Gasteiger charge is 1.95. The van der Waals surface area contributed by atoms with E-state index in [9.17, 15) is 0 Å². The first-order chi connectivity index (χ1) is 4.43. The zero-order valence-electron chi connectivity index (χ0n) is 5.76. The number of rotatable bonds is 2. The van der Waals surface area contributed by atoms with Gasteiger partial charge in [-0.1, -0.05) is 18.2 Å². The van der Waals surface area contributed by atoms with E-state index >= 15 is 0 Å². The second-order valence-corrected chi connectivity index (χ2v) is 2.21. The summed E-state index contributed by atoms with van der Waals surface area (Å²) in [6.45, 7) is 0.796. The van der Waals surface area contributed by atoms with Crippen molar-refractivity contribution in [1.82, 2.24) is 0 Å². The van der Waals surface area contributed by atoms with Gasteiger partial charge in [0.2, 0.25) is 0 Å². The van der Waals surface area contributed by atoms with Gasteiger partial charge < -0.3 is 4.74 Å². The fourth-order valence-electron chi connectivity index (χ4n) is 0.952. The maximum Gasteiger partial charge on any atom is 0.0676 e. The molecular formula is C8H12O. The van der Waals surface area contributed by atoms with Crippen LogP contribution in [0.4, 0.5) is 0 Å². The van der Waals surface area contributed by atoms with Crippen molar-refractivity contribution in [3.05, 3.63) is 23.8 Å². The molecule has 1 aliphatic carbocycles. The van der Waals surface area contributed by atoms with Crippen LogP contribution in [0.25, 0.3) is 0 Å². The molecule has 1 aliphatic rings. The Morgan fingerprint density at radius 1 is 1.56 bits per heavy atom. The van der Waals surface area contributed by atoms with Crippen LogP contribution in [0, 0.1) is 0 Å². The van der Waals surface area contributed by atoms with Crippen LogP contribution in [0.2, 0.25) is 0 Å². The minimum atomic E-state index is 0.796. The standard InChI is InChI=1S/C8H12O/c1-9-7-8-5-3-2-4-6-8/h2-3,6H,4-5,7H2,1H3. The molecule has 0 aromatic carbocycles. The molecule has 0 heterocycles. The first-order valence-electron chi connectivity index (χ1n) is 3.25. The fourth-order valence-corrected chi connectivity index (χ4v) is 0.952. The Kier molecular flexibility index (Phi) is 2.52. The number of hydrogen-bond donors (Lipinski definition) is 0. The van der Waals surface area contributed by atoms with E-state index in [0.717, 1.165) is 19.4 Å². The van der Waals surface area contributed by atoms with Gasteiger partial charge in [-0.3, -0.25) is 0 Å². The van der Waals surface area contributed by atoms with Crippen molar-refractivity contribution in [2.75, 3.05) is 13.7 Å². The topological polar surface area (TPSA) is 9.23 Å². The first-order valence-corrected chi connectivity index (χ1v) is 3.25. The van der Waals surface area contributed by atoms with Gasteiger partial charge in [-0.05, 0) is 18.4 Å². The largest absolute Gasteiger partial charge is 0.380 e. The Hall–Kier alpha value is -0.560. The third kappa shape index (κ3) is 2.02. The summed E-state index contributed by atoms with van der Waals surface area (Å²) in [5.41, 5.74) is 1.40. The highest BCUT2D eigenvalue weighted by atomic mass is 16.5. The molecule has 50 valence electrons. The highest BCUT2D eigenvalue weighted by Crippen LogP contribution is 2.09. The van der Waals surface area contributed by atoms with E-state index in [0.29, 0.717) is 0 Å². The second kappa shape index (κ2) is 3.46. The number of hydrogen-bond acceptors (Lipinski definition) is 1. The number of methoxy groups -OCH3 is 1. The van der Waals surface area contributed by atoms with Crippen LogP contribution in [-0.4, -0.2) is 13.7 Å². The van der Waals surface area contributed by atoms with Gasteiger partial charge in [-0.25, -0.2) is 0 Å². The Balaban J connectivity index is 2.32. The summed E-state index contributed by atoms with van der Waals surface area (Å²) in [7, 11) is 1.74. The molecule has 1 heteroatoms. The molecule has 0 saturated heterocycles. The lowest BCUT2D eigenvalue weighted by atomic mass is 10.1. The molecule has 0 radical (unpaired) electrons. The van der Waals surface area contributed by atoms with E-state index in [1.165, 1.54) is 5.57 Å². The van der Waals surface area contributed by atoms with Crippen molar-refractivity contribution in [2.45, 2.75) is 12.8 Å². The summed E-state index contributed by atoms with van der Waals surface area (Å²) in [5, 5.41) is 0. The molecule has 0 amide bonds. The van der Waals surface area contributed by atoms with Crippen LogP contribution in [0.5, 0.6) is 0 Å². The highest BCUT2D eigenvalue weighted by molar-refractivity contribution is 5.14. The van der Waals surface area contributed by atoms with Gasteiger partial charge in [-0.2, -0.15) is 0 Å². The smallest absolute Gasteiger partial charge is 0.0676 e. The minimum absolute atomic E-state index is 0.796. The Labute approximate surface area is 56.0 Å². The average Bonchev–Trinajstić information content (AvgIpc) is 1.91. The molecule has 9 heavy (non-hydrogen) atoms. The predicted octanol–water partition coefficient (Wildman–Crippen LogP) is 1.91. The van der Waals surface area contributed by atoms with E-state index < -0.39 is 0 Å². The summed E-state index contributed by atoms with van der Waals surface area (Å²) in [6.07, 6.45) is 8.75. The molecule has 0 unspecified atom stereocenters. The molecule has 0 aromatic rings. The minimum Gasteiger partial charge on any atom is -0.380 e. The molecule has 0 atom stereocenters. The quantitative estimate of drug-likeness (QED) is 0.511. The Bertz CT molecular complexity index is 134. The van der Waals surface area contributed by atoms with Crippen molar-refractivity contribution in [3.63, 3.8) is 0 Å². The van der Waals surface area contributed by atoms with Gasteiger partial charge in [-0.15, -0.1) is 0 Å². The van der Waals surface area contributed by atoms with E-state index in [1.54, 1.807) is 7.11 Å². The molecule has 1 nitrogen and oxygen atoms in total. The van der Waals surface area contributed by atoms with Gasteiger partial charge in [0.15, 0.2) is 0 Å². The lowest BCUT2D eigenvalue weighted by molar-refractivity contribution is 0.224. The van der Waals surface area contributed by atoms with E-state index in [1.807, 2.05) is 0 Å². The molecule has 0 spiro atoms. The van der Waals surface area contributed by atoms with Crippen molar-refractivity contribution >= 4 is 0 Å². The average molecular weight is 124 g/mol. The maximum atomic E-state index is 4.98. The van der Waals surface area contributed by atoms with Gasteiger partial charge in [0.1, 0.15) is 0 Å². The monoisotopic (exact) mass is 124 g/mol. The summed E-state index contributed by atoms with van der Waals surface area (Å²) >= 11 is 0. The lowest BCUT2D eigenvalue weighted by Gasteiger charge is -2.05. The number of allylic oxidation sites excluding steroid dienone is 3. The van der Waals surface area contributed by atoms with Crippen LogP contribution in [0.1, 0.15) is 12.8 Å². The van der Waals surface area contributed by atoms with Gasteiger partial charge in [0.25, 0.3) is 0 Å². The molecule has 1 rings (SSSR count). The zero-order valence-corrected chi connectivity index (χ0v) is 5.76. The van der Waals surface area contributed by atoms with Gasteiger partial charge in [0, 0.05) is 7.11 Å². The Morgan fingerprint density at radius 2 is 2.44 bits per heavy atom. The molecule has 0 bridgehead atoms. The third-order valence-corrected chi connectivity index (χ3v) is 1.42. The van der Waals surface area contributed by atoms with Crippen molar-refractivity contribution in [2.24, 2.45) is 0 Å². The van der Waals surface area contributed by atoms with Crippen molar-refractivity contribution in [3.8, 4) is 0 Å². The normalized spacial score (nSPS) is 17.7. The first kappa shape index (κ1) is 6.56. The van der Waals surface area contributed by atoms with E-state index in [4.69, 9.17) is 4.74 Å². The second-order valence-electron chi connectivity index (χ2n) is 2.21. The van der Waals surface area contributed by atoms with Gasteiger partial charge in [0.05, 0.1) is 6.61 Å². The van der Waals surface area contributed by atoms with Crippen molar-refractivity contribution < 1.29 is 4.74 Å².